The molecule has 1 aliphatic heterocycles. The van der Waals surface area contributed by atoms with Gasteiger partial charge in [-0.05, 0) is 31.4 Å². The Morgan fingerprint density at radius 1 is 1.31 bits per heavy atom. The monoisotopic (exact) mass is 354 g/mol. The zero-order valence-corrected chi connectivity index (χ0v) is 14.8. The number of para-hydroxylation sites is 1. The highest BCUT2D eigenvalue weighted by Gasteiger charge is 2.27. The van der Waals surface area contributed by atoms with E-state index in [4.69, 9.17) is 9.15 Å². The lowest BCUT2D eigenvalue weighted by molar-refractivity contribution is 0.318. The molecular weight excluding hydrogens is 332 g/mol. The van der Waals surface area contributed by atoms with Crippen molar-refractivity contribution < 1.29 is 9.15 Å². The largest absolute Gasteiger partial charge is 0.493 e. The lowest BCUT2D eigenvalue weighted by atomic mass is 9.98. The highest BCUT2D eigenvalue weighted by molar-refractivity contribution is 5.62. The maximum Gasteiger partial charge on any atom is 0.318 e. The molecule has 1 aromatic carbocycles. The van der Waals surface area contributed by atoms with Gasteiger partial charge in [-0.25, -0.2) is 4.98 Å². The molecule has 1 aliphatic rings. The van der Waals surface area contributed by atoms with Crippen LogP contribution in [0.15, 0.2) is 35.0 Å². The highest BCUT2D eigenvalue weighted by Crippen LogP contribution is 2.32. The molecule has 1 unspecified atom stereocenters. The minimum atomic E-state index is 0.293. The Morgan fingerprint density at radius 2 is 2.23 bits per heavy atom. The number of benzene rings is 1. The summed E-state index contributed by atoms with van der Waals surface area (Å²) in [5.74, 6) is 2.45. The molecule has 1 atom stereocenters. The van der Waals surface area contributed by atoms with E-state index < -0.39 is 0 Å². The van der Waals surface area contributed by atoms with E-state index >= 15 is 0 Å². The first-order valence-electron chi connectivity index (χ1n) is 9.01. The van der Waals surface area contributed by atoms with Gasteiger partial charge in [0.05, 0.1) is 12.2 Å². The predicted molar refractivity (Wildman–Crippen MR) is 96.1 cm³/mol. The van der Waals surface area contributed by atoms with Crippen LogP contribution in [0.25, 0.3) is 11.5 Å². The molecule has 1 fully saturated rings. The summed E-state index contributed by atoms with van der Waals surface area (Å²) in [5, 5.41) is 15.4. The molecule has 136 valence electrons. The van der Waals surface area contributed by atoms with Crippen molar-refractivity contribution in [2.45, 2.75) is 32.1 Å². The Labute approximate surface area is 151 Å². The smallest absolute Gasteiger partial charge is 0.318 e. The third kappa shape index (κ3) is 3.40. The van der Waals surface area contributed by atoms with Gasteiger partial charge in [-0.15, -0.1) is 5.10 Å². The Kier molecular flexibility index (Phi) is 4.81. The summed E-state index contributed by atoms with van der Waals surface area (Å²) in [6.45, 7) is 4.41. The molecule has 3 heterocycles. The Morgan fingerprint density at radius 3 is 3.08 bits per heavy atom. The van der Waals surface area contributed by atoms with Gasteiger partial charge >= 0.3 is 6.01 Å². The van der Waals surface area contributed by atoms with Gasteiger partial charge in [0, 0.05) is 19.0 Å². The molecule has 3 aromatic rings. The van der Waals surface area contributed by atoms with Crippen LogP contribution in [0.2, 0.25) is 0 Å². The molecule has 0 bridgehead atoms. The van der Waals surface area contributed by atoms with Gasteiger partial charge in [0.2, 0.25) is 0 Å². The van der Waals surface area contributed by atoms with Gasteiger partial charge in [0.15, 0.2) is 0 Å². The number of nitrogens with zero attached hydrogens (tertiary/aromatic N) is 5. The minimum Gasteiger partial charge on any atom is -0.493 e. The number of nitrogens with one attached hydrogen (secondary N) is 1. The van der Waals surface area contributed by atoms with Crippen LogP contribution in [0.5, 0.6) is 5.75 Å². The van der Waals surface area contributed by atoms with E-state index in [1.807, 2.05) is 24.3 Å². The van der Waals surface area contributed by atoms with Crippen molar-refractivity contribution in [3.63, 3.8) is 0 Å². The van der Waals surface area contributed by atoms with Gasteiger partial charge in [0.25, 0.3) is 5.89 Å². The standard InChI is InChI=1S/C18H22N6O2/c1-2-10-25-15-8-4-3-7-14(15)17-22-23-18(26-17)24-9-5-6-13(11-24)16-19-12-20-21-16/h3-4,7-8,12-13H,2,5-6,9-11H2,1H3,(H,19,20,21). The number of anilines is 1. The van der Waals surface area contributed by atoms with E-state index in [2.05, 4.69) is 37.2 Å². The second-order valence-electron chi connectivity index (χ2n) is 6.39. The number of ether oxygens (including phenoxy) is 1. The van der Waals surface area contributed by atoms with Gasteiger partial charge in [0.1, 0.15) is 17.9 Å². The van der Waals surface area contributed by atoms with Crippen molar-refractivity contribution in [1.29, 1.82) is 0 Å². The predicted octanol–water partition coefficient (Wildman–Crippen LogP) is 3.03. The number of hydrogen-bond acceptors (Lipinski definition) is 7. The zero-order chi connectivity index (χ0) is 17.8. The summed E-state index contributed by atoms with van der Waals surface area (Å²) < 4.78 is 11.8. The maximum absolute atomic E-state index is 5.97. The lowest BCUT2D eigenvalue weighted by Crippen LogP contribution is -2.35. The van der Waals surface area contributed by atoms with Crippen molar-refractivity contribution >= 4 is 6.01 Å². The van der Waals surface area contributed by atoms with Crippen LogP contribution < -0.4 is 9.64 Å². The normalized spacial score (nSPS) is 17.4. The molecule has 8 heteroatoms. The zero-order valence-electron chi connectivity index (χ0n) is 14.8. The summed E-state index contributed by atoms with van der Waals surface area (Å²) in [7, 11) is 0. The second kappa shape index (κ2) is 7.55. The minimum absolute atomic E-state index is 0.293. The van der Waals surface area contributed by atoms with Crippen LogP contribution in [0.3, 0.4) is 0 Å². The topological polar surface area (TPSA) is 93.0 Å². The summed E-state index contributed by atoms with van der Waals surface area (Å²) in [5.41, 5.74) is 0.823. The van der Waals surface area contributed by atoms with E-state index in [1.165, 1.54) is 0 Å². The number of rotatable bonds is 6. The molecule has 2 aromatic heterocycles. The molecule has 0 spiro atoms. The first-order valence-corrected chi connectivity index (χ1v) is 9.01. The Bertz CT molecular complexity index is 832. The van der Waals surface area contributed by atoms with Crippen LogP contribution in [0, 0.1) is 0 Å². The van der Waals surface area contributed by atoms with E-state index in [9.17, 15) is 0 Å². The van der Waals surface area contributed by atoms with Crippen molar-refractivity contribution in [3.8, 4) is 17.2 Å². The molecule has 0 amide bonds. The highest BCUT2D eigenvalue weighted by atomic mass is 16.5. The number of H-pyrrole nitrogens is 1. The number of aromatic amines is 1. The number of aromatic nitrogens is 5. The third-order valence-corrected chi connectivity index (χ3v) is 4.51. The first-order chi connectivity index (χ1) is 12.8. The molecule has 8 nitrogen and oxygen atoms in total. The van der Waals surface area contributed by atoms with Crippen LogP contribution >= 0.6 is 0 Å². The first kappa shape index (κ1) is 16.6. The molecule has 0 aliphatic carbocycles. The Balaban J connectivity index is 1.53. The SMILES string of the molecule is CCCOc1ccccc1-c1nnc(N2CCCC(c3ncn[nH]3)C2)o1. The molecule has 26 heavy (non-hydrogen) atoms. The number of hydrogen-bond donors (Lipinski definition) is 1. The van der Waals surface area contributed by atoms with Gasteiger partial charge < -0.3 is 14.1 Å². The summed E-state index contributed by atoms with van der Waals surface area (Å²) in [6.07, 6.45) is 4.60. The van der Waals surface area contributed by atoms with E-state index in [0.29, 0.717) is 24.4 Å². The van der Waals surface area contributed by atoms with Crippen molar-refractivity contribution in [2.75, 3.05) is 24.6 Å². The van der Waals surface area contributed by atoms with Crippen molar-refractivity contribution in [1.82, 2.24) is 25.4 Å². The fourth-order valence-electron chi connectivity index (χ4n) is 3.22. The van der Waals surface area contributed by atoms with Gasteiger partial charge in [-0.3, -0.25) is 5.10 Å². The fourth-order valence-corrected chi connectivity index (χ4v) is 3.22. The summed E-state index contributed by atoms with van der Waals surface area (Å²) in [6, 6.07) is 8.29. The van der Waals surface area contributed by atoms with Crippen LogP contribution in [0.1, 0.15) is 37.9 Å². The fraction of sp³-hybridized carbons (Fsp3) is 0.444. The average molecular weight is 354 g/mol. The van der Waals surface area contributed by atoms with E-state index in [0.717, 1.165) is 49.5 Å². The average Bonchev–Trinajstić information content (AvgIpc) is 3.39. The van der Waals surface area contributed by atoms with E-state index in [-0.39, 0.29) is 0 Å². The summed E-state index contributed by atoms with van der Waals surface area (Å²) >= 11 is 0. The van der Waals surface area contributed by atoms with Gasteiger partial charge in [-0.2, -0.15) is 5.10 Å². The Hall–Kier alpha value is -2.90. The lowest BCUT2D eigenvalue weighted by Gasteiger charge is -2.29. The molecule has 0 saturated carbocycles. The maximum atomic E-state index is 5.97. The van der Waals surface area contributed by atoms with Crippen molar-refractivity contribution in [3.05, 3.63) is 36.4 Å². The summed E-state index contributed by atoms with van der Waals surface area (Å²) in [4.78, 5) is 6.40. The van der Waals surface area contributed by atoms with Crippen LogP contribution in [-0.4, -0.2) is 45.1 Å². The molecule has 4 rings (SSSR count). The third-order valence-electron chi connectivity index (χ3n) is 4.51. The molecular formula is C18H22N6O2. The van der Waals surface area contributed by atoms with Gasteiger partial charge in [-0.1, -0.05) is 24.2 Å². The van der Waals surface area contributed by atoms with E-state index in [1.54, 1.807) is 6.33 Å². The van der Waals surface area contributed by atoms with Crippen LogP contribution in [0.4, 0.5) is 6.01 Å². The molecule has 0 radical (unpaired) electrons. The quantitative estimate of drug-likeness (QED) is 0.727. The molecule has 1 N–H and O–H groups in total. The van der Waals surface area contributed by atoms with Crippen LogP contribution in [-0.2, 0) is 0 Å². The van der Waals surface area contributed by atoms with Crippen molar-refractivity contribution in [2.24, 2.45) is 0 Å². The number of piperidine rings is 1. The second-order valence-corrected chi connectivity index (χ2v) is 6.39. The molecule has 1 saturated heterocycles.